The van der Waals surface area contributed by atoms with Crippen LogP contribution in [-0.4, -0.2) is 79.0 Å². The second-order valence-electron chi connectivity index (χ2n) is 10.1. The van der Waals surface area contributed by atoms with Gasteiger partial charge in [-0.3, -0.25) is 14.9 Å². The van der Waals surface area contributed by atoms with Crippen LogP contribution in [0.1, 0.15) is 11.3 Å². The van der Waals surface area contributed by atoms with Crippen LogP contribution in [0.3, 0.4) is 0 Å². The molecule has 204 valence electrons. The Bertz CT molecular complexity index is 1340. The summed E-state index contributed by atoms with van der Waals surface area (Å²) in [6.07, 6.45) is 5.50. The summed E-state index contributed by atoms with van der Waals surface area (Å²) < 4.78 is 0. The van der Waals surface area contributed by atoms with Crippen LogP contribution < -0.4 is 16.0 Å². The topological polar surface area (TPSA) is 71.6 Å². The van der Waals surface area contributed by atoms with Crippen LogP contribution in [0, 0.1) is 0 Å². The van der Waals surface area contributed by atoms with Gasteiger partial charge in [0.1, 0.15) is 0 Å². The fourth-order valence-electron chi connectivity index (χ4n) is 4.43. The molecule has 3 aromatic rings. The lowest BCUT2D eigenvalue weighted by Gasteiger charge is -2.32. The molecule has 3 heterocycles. The first-order valence-electron chi connectivity index (χ1n) is 13.2. The molecule has 0 atom stereocenters. The van der Waals surface area contributed by atoms with Crippen LogP contribution >= 0.6 is 0 Å². The van der Waals surface area contributed by atoms with Gasteiger partial charge in [-0.1, -0.05) is 25.8 Å². The zero-order chi connectivity index (χ0) is 27.9. The summed E-state index contributed by atoms with van der Waals surface area (Å²) in [5, 5.41) is 10.0. The Morgan fingerprint density at radius 1 is 0.923 bits per heavy atom. The molecule has 0 amide bonds. The van der Waals surface area contributed by atoms with Crippen molar-refractivity contribution in [3.05, 3.63) is 97.5 Å². The van der Waals surface area contributed by atoms with Crippen molar-refractivity contribution >= 4 is 22.6 Å². The normalized spacial score (nSPS) is 13.9. The third-order valence-electron chi connectivity index (χ3n) is 6.97. The molecule has 8 nitrogen and oxygen atoms in total. The maximum absolute atomic E-state index is 4.59. The predicted octanol–water partition coefficient (Wildman–Crippen LogP) is 5.02. The minimum atomic E-state index is 0.733. The lowest BCUT2D eigenvalue weighted by molar-refractivity contribution is 0.147. The van der Waals surface area contributed by atoms with Crippen molar-refractivity contribution in [2.75, 3.05) is 70.3 Å². The summed E-state index contributed by atoms with van der Waals surface area (Å²) in [7, 11) is 7.97. The van der Waals surface area contributed by atoms with Gasteiger partial charge in [-0.25, -0.2) is 0 Å². The lowest BCUT2D eigenvalue weighted by atomic mass is 9.97. The molecule has 0 saturated carbocycles. The van der Waals surface area contributed by atoms with E-state index in [1.54, 1.807) is 6.20 Å². The maximum atomic E-state index is 4.59. The van der Waals surface area contributed by atoms with Crippen molar-refractivity contribution in [3.63, 3.8) is 0 Å². The number of hydrogen-bond acceptors (Lipinski definition) is 8. The average molecular weight is 525 g/mol. The Morgan fingerprint density at radius 2 is 1.69 bits per heavy atom. The number of nitrogens with zero attached hydrogens (tertiary/aromatic N) is 5. The molecule has 0 unspecified atom stereocenters. The number of nitrogens with one attached hydrogen (secondary N) is 3. The summed E-state index contributed by atoms with van der Waals surface area (Å²) >= 11 is 0. The van der Waals surface area contributed by atoms with E-state index in [4.69, 9.17) is 0 Å². The van der Waals surface area contributed by atoms with Gasteiger partial charge in [-0.05, 0) is 48.5 Å². The number of allylic oxidation sites excluding steroid dienone is 1. The van der Waals surface area contributed by atoms with E-state index >= 15 is 0 Å². The fraction of sp³-hybridized carbons (Fsp3) is 0.290. The molecule has 1 saturated heterocycles. The summed E-state index contributed by atoms with van der Waals surface area (Å²) in [6.45, 7) is 17.9. The van der Waals surface area contributed by atoms with Crippen molar-refractivity contribution in [2.45, 2.75) is 6.54 Å². The van der Waals surface area contributed by atoms with Crippen LogP contribution in [0.15, 0.2) is 86.2 Å². The van der Waals surface area contributed by atoms with E-state index in [-0.39, 0.29) is 0 Å². The van der Waals surface area contributed by atoms with E-state index in [2.05, 4.69) is 92.8 Å². The van der Waals surface area contributed by atoms with Gasteiger partial charge in [0.2, 0.25) is 0 Å². The van der Waals surface area contributed by atoms with Crippen LogP contribution in [0.25, 0.3) is 16.7 Å². The first-order valence-corrected chi connectivity index (χ1v) is 13.2. The molecule has 0 bridgehead atoms. The molecule has 0 radical (unpaired) electrons. The standard InChI is InChI=1S/C31H40N8/c1-22(23(2)35-27-10-11-34-29(18-27)21-39-14-12-38(7)13-15-39)30-17-25(8-9-31(30)32-4)26-16-28(20-33-19-26)36-24(3)37(5)6/h8-11,16-20,32,36H,1-3,12-15,21H2,4-7H3,(H,34,35). The molecule has 3 N–H and O–H groups in total. The lowest BCUT2D eigenvalue weighted by Crippen LogP contribution is -2.44. The zero-order valence-electron chi connectivity index (χ0n) is 23.6. The number of pyridine rings is 2. The number of rotatable bonds is 11. The van der Waals surface area contributed by atoms with Crippen molar-refractivity contribution in [1.29, 1.82) is 0 Å². The molecule has 1 aromatic carbocycles. The first-order chi connectivity index (χ1) is 18.7. The van der Waals surface area contributed by atoms with Gasteiger partial charge in [-0.15, -0.1) is 0 Å². The number of aromatic nitrogens is 2. The second kappa shape index (κ2) is 12.6. The minimum Gasteiger partial charge on any atom is -0.388 e. The third kappa shape index (κ3) is 7.25. The van der Waals surface area contributed by atoms with Gasteiger partial charge >= 0.3 is 0 Å². The van der Waals surface area contributed by atoms with Crippen molar-refractivity contribution < 1.29 is 0 Å². The number of benzene rings is 1. The van der Waals surface area contributed by atoms with Gasteiger partial charge < -0.3 is 25.8 Å². The van der Waals surface area contributed by atoms with Gasteiger partial charge in [-0.2, -0.15) is 0 Å². The highest BCUT2D eigenvalue weighted by atomic mass is 15.2. The van der Waals surface area contributed by atoms with E-state index in [0.717, 1.165) is 89.3 Å². The van der Waals surface area contributed by atoms with Crippen molar-refractivity contribution in [2.24, 2.45) is 0 Å². The Morgan fingerprint density at radius 3 is 2.41 bits per heavy atom. The molecule has 39 heavy (non-hydrogen) atoms. The smallest absolute Gasteiger partial charge is 0.0978 e. The molecular formula is C31H40N8. The van der Waals surface area contributed by atoms with Crippen molar-refractivity contribution in [3.8, 4) is 11.1 Å². The largest absolute Gasteiger partial charge is 0.388 e. The fourth-order valence-corrected chi connectivity index (χ4v) is 4.43. The van der Waals surface area contributed by atoms with E-state index in [1.165, 1.54) is 0 Å². The average Bonchev–Trinajstić information content (AvgIpc) is 2.93. The van der Waals surface area contributed by atoms with Gasteiger partial charge in [0.15, 0.2) is 0 Å². The molecule has 1 aliphatic rings. The first kappa shape index (κ1) is 27.9. The Kier molecular flexibility index (Phi) is 9.01. The zero-order valence-corrected chi connectivity index (χ0v) is 23.6. The summed E-state index contributed by atoms with van der Waals surface area (Å²) in [5.41, 5.74) is 8.37. The molecule has 1 aliphatic heterocycles. The maximum Gasteiger partial charge on any atom is 0.0978 e. The van der Waals surface area contributed by atoms with Crippen LogP contribution in [0.4, 0.5) is 17.1 Å². The molecule has 0 spiro atoms. The highest BCUT2D eigenvalue weighted by Crippen LogP contribution is 2.33. The Labute approximate surface area is 232 Å². The van der Waals surface area contributed by atoms with Crippen molar-refractivity contribution in [1.82, 2.24) is 24.7 Å². The SMILES string of the molecule is C=C(Nc1ccnc(CN2CCN(C)CC2)c1)C(=C)c1cc(-c2cncc(NC(=C)N(C)C)c2)ccc1NC. The van der Waals surface area contributed by atoms with Gasteiger partial charge in [0, 0.05) is 94.5 Å². The number of likely N-dealkylation sites (N-methyl/N-ethyl adjacent to an activating group) is 1. The number of anilines is 3. The molecule has 1 fully saturated rings. The predicted molar refractivity (Wildman–Crippen MR) is 164 cm³/mol. The summed E-state index contributed by atoms with van der Waals surface area (Å²) in [4.78, 5) is 15.8. The van der Waals surface area contributed by atoms with E-state index in [9.17, 15) is 0 Å². The summed E-state index contributed by atoms with van der Waals surface area (Å²) in [6, 6.07) is 12.4. The highest BCUT2D eigenvalue weighted by molar-refractivity contribution is 5.88. The van der Waals surface area contributed by atoms with Gasteiger partial charge in [0.25, 0.3) is 0 Å². The van der Waals surface area contributed by atoms with E-state index < -0.39 is 0 Å². The van der Waals surface area contributed by atoms with E-state index in [0.29, 0.717) is 0 Å². The Balaban J connectivity index is 1.50. The minimum absolute atomic E-state index is 0.733. The van der Waals surface area contributed by atoms with Crippen LogP contribution in [-0.2, 0) is 6.54 Å². The Hall–Kier alpha value is -4.14. The number of hydrogen-bond donors (Lipinski definition) is 3. The monoisotopic (exact) mass is 524 g/mol. The van der Waals surface area contributed by atoms with E-state index in [1.807, 2.05) is 44.5 Å². The van der Waals surface area contributed by atoms with Gasteiger partial charge in [0.05, 0.1) is 23.4 Å². The molecule has 0 aliphatic carbocycles. The molecule has 8 heteroatoms. The van der Waals surface area contributed by atoms with Crippen LogP contribution in [0.2, 0.25) is 0 Å². The molecule has 2 aromatic heterocycles. The molecular weight excluding hydrogens is 484 g/mol. The second-order valence-corrected chi connectivity index (χ2v) is 10.1. The third-order valence-corrected chi connectivity index (χ3v) is 6.97. The molecule has 4 rings (SSSR count). The van der Waals surface area contributed by atoms with Crippen LogP contribution in [0.5, 0.6) is 0 Å². The summed E-state index contributed by atoms with van der Waals surface area (Å²) in [5.74, 6) is 0.790. The quantitative estimate of drug-likeness (QED) is 0.302. The highest BCUT2D eigenvalue weighted by Gasteiger charge is 2.15. The number of piperazine rings is 1.